The Morgan fingerprint density at radius 2 is 1.71 bits per heavy atom. The van der Waals surface area contributed by atoms with Crippen LogP contribution in [0.1, 0.15) is 57.8 Å². The Morgan fingerprint density at radius 3 is 2.31 bits per heavy atom. The van der Waals surface area contributed by atoms with E-state index in [0.717, 1.165) is 0 Å². The van der Waals surface area contributed by atoms with Gasteiger partial charge in [-0.15, -0.1) is 0 Å². The van der Waals surface area contributed by atoms with E-state index in [1.807, 2.05) is 13.8 Å². The van der Waals surface area contributed by atoms with Gasteiger partial charge in [0.1, 0.15) is 18.1 Å². The standard InChI is InChI=1S/C23H38N6O6/c1-12(2)10-29-8-7-24-22(33)18(13(3)4)26-20(31)14(5)25-23(34)19(15(6)30)27-21(32)17-9-16(11-29)35-28-17/h9,12-15,18-19,30H,7-8,10-11H2,1-6H3,(H,24,33)(H,25,34)(H,26,31)(H,27,32)/t14-,15+,18-,19-/m0/s1. The van der Waals surface area contributed by atoms with E-state index in [0.29, 0.717) is 37.9 Å². The molecule has 35 heavy (non-hydrogen) atoms. The minimum atomic E-state index is -1.33. The number of nitrogens with one attached hydrogen (secondary N) is 4. The number of carbonyl (C=O) groups is 4. The van der Waals surface area contributed by atoms with E-state index >= 15 is 0 Å². The number of rotatable bonds is 4. The average molecular weight is 495 g/mol. The molecule has 2 heterocycles. The van der Waals surface area contributed by atoms with Crippen LogP contribution in [0, 0.1) is 11.8 Å². The molecule has 1 aliphatic rings. The molecule has 5 N–H and O–H groups in total. The molecule has 0 aromatic carbocycles. The van der Waals surface area contributed by atoms with Crippen molar-refractivity contribution < 1.29 is 28.8 Å². The van der Waals surface area contributed by atoms with Crippen LogP contribution in [0.2, 0.25) is 0 Å². The molecule has 12 heteroatoms. The summed E-state index contributed by atoms with van der Waals surface area (Å²) < 4.78 is 5.33. The predicted octanol–water partition coefficient (Wildman–Crippen LogP) is -0.613. The molecule has 0 fully saturated rings. The van der Waals surface area contributed by atoms with E-state index in [9.17, 15) is 24.3 Å². The van der Waals surface area contributed by atoms with Crippen LogP contribution in [0.15, 0.2) is 10.6 Å². The van der Waals surface area contributed by atoms with Crippen LogP contribution in [-0.4, -0.2) is 82.7 Å². The van der Waals surface area contributed by atoms with Crippen molar-refractivity contribution >= 4 is 23.6 Å². The second kappa shape index (κ2) is 12.6. The number of aromatic nitrogens is 1. The van der Waals surface area contributed by atoms with Gasteiger partial charge in [-0.05, 0) is 25.7 Å². The molecule has 1 aromatic heterocycles. The molecule has 0 spiro atoms. The zero-order valence-corrected chi connectivity index (χ0v) is 21.3. The fourth-order valence-electron chi connectivity index (χ4n) is 3.72. The Morgan fingerprint density at radius 1 is 1.03 bits per heavy atom. The lowest BCUT2D eigenvalue weighted by Gasteiger charge is -2.27. The molecule has 0 radical (unpaired) electrons. The summed E-state index contributed by atoms with van der Waals surface area (Å²) in [7, 11) is 0. The molecule has 4 amide bonds. The fraction of sp³-hybridized carbons (Fsp3) is 0.696. The predicted molar refractivity (Wildman–Crippen MR) is 127 cm³/mol. The van der Waals surface area contributed by atoms with Crippen molar-refractivity contribution in [1.29, 1.82) is 0 Å². The smallest absolute Gasteiger partial charge is 0.274 e. The molecule has 1 aliphatic heterocycles. The molecule has 0 aliphatic carbocycles. The summed E-state index contributed by atoms with van der Waals surface area (Å²) in [4.78, 5) is 53.0. The molecule has 2 rings (SSSR count). The number of nitrogens with zero attached hydrogens (tertiary/aromatic N) is 2. The Balaban J connectivity index is 2.34. The monoisotopic (exact) mass is 494 g/mol. The maximum Gasteiger partial charge on any atom is 0.274 e. The maximum absolute atomic E-state index is 12.8. The number of fused-ring (bicyclic) bond motifs is 2. The normalized spacial score (nSPS) is 24.8. The van der Waals surface area contributed by atoms with Gasteiger partial charge in [0.15, 0.2) is 11.5 Å². The van der Waals surface area contributed by atoms with Crippen LogP contribution in [0.3, 0.4) is 0 Å². The van der Waals surface area contributed by atoms with Crippen LogP contribution < -0.4 is 21.3 Å². The van der Waals surface area contributed by atoms with Crippen molar-refractivity contribution in [3.8, 4) is 0 Å². The quantitative estimate of drug-likeness (QED) is 0.370. The summed E-state index contributed by atoms with van der Waals surface area (Å²) in [5.41, 5.74) is -0.0390. The van der Waals surface area contributed by atoms with Crippen molar-refractivity contribution in [2.75, 3.05) is 19.6 Å². The molecular weight excluding hydrogens is 456 g/mol. The summed E-state index contributed by atoms with van der Waals surface area (Å²) >= 11 is 0. The lowest BCUT2D eigenvalue weighted by molar-refractivity contribution is -0.133. The second-order valence-electron chi connectivity index (χ2n) is 9.75. The molecule has 2 bridgehead atoms. The van der Waals surface area contributed by atoms with Crippen molar-refractivity contribution in [3.05, 3.63) is 17.5 Å². The minimum Gasteiger partial charge on any atom is -0.391 e. The SMILES string of the molecule is CC(C)CN1CCNC(=O)[C@H](C(C)C)NC(=O)[C@H](C)NC(=O)[C@H]([C@@H](C)O)NC(=O)c2cc(on2)C1. The lowest BCUT2D eigenvalue weighted by Crippen LogP contribution is -2.58. The van der Waals surface area contributed by atoms with E-state index in [-0.39, 0.29) is 17.5 Å². The highest BCUT2D eigenvalue weighted by atomic mass is 16.5. The van der Waals surface area contributed by atoms with Crippen molar-refractivity contribution in [1.82, 2.24) is 31.3 Å². The van der Waals surface area contributed by atoms with Gasteiger partial charge in [-0.25, -0.2) is 0 Å². The Hall–Kier alpha value is -2.99. The topological polar surface area (TPSA) is 166 Å². The van der Waals surface area contributed by atoms with Crippen molar-refractivity contribution in [2.45, 2.75) is 72.3 Å². The third kappa shape index (κ3) is 8.32. The van der Waals surface area contributed by atoms with Gasteiger partial charge in [0.25, 0.3) is 5.91 Å². The number of aliphatic hydroxyl groups is 1. The molecule has 196 valence electrons. The minimum absolute atomic E-state index is 0.0390. The lowest BCUT2D eigenvalue weighted by atomic mass is 10.0. The van der Waals surface area contributed by atoms with E-state index in [1.165, 1.54) is 19.9 Å². The molecule has 0 unspecified atom stereocenters. The first-order chi connectivity index (χ1) is 16.4. The number of amides is 4. The van der Waals surface area contributed by atoms with Gasteiger partial charge in [0.2, 0.25) is 17.7 Å². The molecule has 1 aromatic rings. The Bertz CT molecular complexity index is 899. The van der Waals surface area contributed by atoms with Gasteiger partial charge in [-0.3, -0.25) is 24.1 Å². The summed E-state index contributed by atoms with van der Waals surface area (Å²) in [5.74, 6) is -1.75. The van der Waals surface area contributed by atoms with E-state index in [4.69, 9.17) is 4.52 Å². The van der Waals surface area contributed by atoms with E-state index in [1.54, 1.807) is 0 Å². The van der Waals surface area contributed by atoms with Crippen molar-refractivity contribution in [2.24, 2.45) is 11.8 Å². The summed E-state index contributed by atoms with van der Waals surface area (Å²) in [5, 5.41) is 24.4. The Labute approximate surface area is 205 Å². The third-order valence-electron chi connectivity index (χ3n) is 5.57. The highest BCUT2D eigenvalue weighted by Gasteiger charge is 2.31. The number of aliphatic hydroxyl groups excluding tert-OH is 1. The third-order valence-corrected chi connectivity index (χ3v) is 5.57. The zero-order valence-electron chi connectivity index (χ0n) is 21.3. The maximum atomic E-state index is 12.8. The van der Waals surface area contributed by atoms with Gasteiger partial charge >= 0.3 is 0 Å². The highest BCUT2D eigenvalue weighted by Crippen LogP contribution is 2.11. The first kappa shape index (κ1) is 28.2. The van der Waals surface area contributed by atoms with Crippen LogP contribution in [0.4, 0.5) is 0 Å². The van der Waals surface area contributed by atoms with Gasteiger partial charge in [0, 0.05) is 25.7 Å². The largest absolute Gasteiger partial charge is 0.391 e. The summed E-state index contributed by atoms with van der Waals surface area (Å²) in [6.45, 7) is 12.5. The summed E-state index contributed by atoms with van der Waals surface area (Å²) in [6.07, 6.45) is -1.25. The van der Waals surface area contributed by atoms with E-state index < -0.39 is 42.0 Å². The number of hydrogen-bond donors (Lipinski definition) is 5. The average Bonchev–Trinajstić information content (AvgIpc) is 3.22. The first-order valence-electron chi connectivity index (χ1n) is 11.9. The van der Waals surface area contributed by atoms with Crippen LogP contribution in [-0.2, 0) is 20.9 Å². The second-order valence-corrected chi connectivity index (χ2v) is 9.75. The van der Waals surface area contributed by atoms with Gasteiger partial charge in [0.05, 0.1) is 12.6 Å². The fourth-order valence-corrected chi connectivity index (χ4v) is 3.72. The van der Waals surface area contributed by atoms with Crippen LogP contribution >= 0.6 is 0 Å². The molecule has 4 atom stereocenters. The number of carbonyl (C=O) groups excluding carboxylic acids is 4. The Kier molecular flexibility index (Phi) is 10.2. The van der Waals surface area contributed by atoms with Crippen LogP contribution in [0.25, 0.3) is 0 Å². The van der Waals surface area contributed by atoms with Gasteiger partial charge < -0.3 is 30.9 Å². The molecule has 0 saturated heterocycles. The first-order valence-corrected chi connectivity index (χ1v) is 11.9. The van der Waals surface area contributed by atoms with Crippen molar-refractivity contribution in [3.63, 3.8) is 0 Å². The molecular formula is C23H38N6O6. The van der Waals surface area contributed by atoms with Gasteiger partial charge in [-0.1, -0.05) is 32.9 Å². The van der Waals surface area contributed by atoms with E-state index in [2.05, 4.69) is 45.2 Å². The van der Waals surface area contributed by atoms with Crippen LogP contribution in [0.5, 0.6) is 0 Å². The molecule has 0 saturated carbocycles. The number of hydrogen-bond acceptors (Lipinski definition) is 8. The summed E-state index contributed by atoms with van der Waals surface area (Å²) in [6, 6.07) is -1.68. The molecule has 12 nitrogen and oxygen atoms in total. The highest BCUT2D eigenvalue weighted by molar-refractivity contribution is 5.97. The van der Waals surface area contributed by atoms with Gasteiger partial charge in [-0.2, -0.15) is 0 Å². The zero-order chi connectivity index (χ0) is 26.3.